The Kier molecular flexibility index (Phi) is 9.37. The van der Waals surface area contributed by atoms with E-state index in [9.17, 15) is 14.4 Å². The number of aromatic nitrogens is 3. The van der Waals surface area contributed by atoms with Crippen LogP contribution in [0.2, 0.25) is 0 Å². The third-order valence-corrected chi connectivity index (χ3v) is 4.55. The highest BCUT2D eigenvalue weighted by Crippen LogP contribution is 2.25. The Morgan fingerprint density at radius 2 is 1.53 bits per heavy atom. The van der Waals surface area contributed by atoms with E-state index in [2.05, 4.69) is 27.2 Å². The molecule has 2 heterocycles. The zero-order valence-electron chi connectivity index (χ0n) is 24.0. The summed E-state index contributed by atoms with van der Waals surface area (Å²) < 4.78 is 17.7. The van der Waals surface area contributed by atoms with E-state index in [-0.39, 0.29) is 17.4 Å². The predicted octanol–water partition coefficient (Wildman–Crippen LogP) is 5.45. The van der Waals surface area contributed by atoms with Crippen LogP contribution in [0.15, 0.2) is 18.5 Å². The Bertz CT molecular complexity index is 1190. The molecule has 0 aliphatic rings. The molecule has 0 aliphatic carbocycles. The molecule has 0 radical (unpaired) electrons. The molecule has 2 aromatic heterocycles. The van der Waals surface area contributed by atoms with E-state index in [1.165, 1.54) is 23.0 Å². The van der Waals surface area contributed by atoms with E-state index in [4.69, 9.17) is 14.2 Å². The van der Waals surface area contributed by atoms with Crippen LogP contribution in [0.4, 0.5) is 20.1 Å². The normalized spacial score (nSPS) is 12.7. The van der Waals surface area contributed by atoms with Gasteiger partial charge in [0.05, 0.1) is 12.4 Å². The van der Waals surface area contributed by atoms with Crippen molar-refractivity contribution in [2.45, 2.75) is 105 Å². The van der Waals surface area contributed by atoms with Gasteiger partial charge >= 0.3 is 18.3 Å². The lowest BCUT2D eigenvalue weighted by atomic mass is 10.1. The lowest BCUT2D eigenvalue weighted by Gasteiger charge is -2.28. The second-order valence-corrected chi connectivity index (χ2v) is 11.6. The molecule has 3 amide bonds. The van der Waals surface area contributed by atoms with Gasteiger partial charge in [0.1, 0.15) is 28.2 Å². The molecule has 0 saturated heterocycles. The number of ether oxygens (including phenoxy) is 3. The first kappa shape index (κ1) is 30.4. The first-order chi connectivity index (χ1) is 17.4. The highest BCUT2D eigenvalue weighted by molar-refractivity contribution is 6.11. The molecule has 2 rings (SSSR count). The summed E-state index contributed by atoms with van der Waals surface area (Å²) in [4.78, 5) is 43.4. The highest BCUT2D eigenvalue weighted by atomic mass is 16.6. The molecular weight excluding hydrogens is 490 g/mol. The maximum Gasteiger partial charge on any atom is 0.424 e. The van der Waals surface area contributed by atoms with Gasteiger partial charge in [0.25, 0.3) is 0 Å². The van der Waals surface area contributed by atoms with Crippen molar-refractivity contribution in [3.8, 4) is 11.8 Å². The number of fused-ring (bicyclic) bond motifs is 1. The fourth-order valence-corrected chi connectivity index (χ4v) is 3.07. The van der Waals surface area contributed by atoms with Crippen LogP contribution < -0.4 is 10.2 Å². The predicted molar refractivity (Wildman–Crippen MR) is 143 cm³/mol. The SMILES string of the molecule is CC[C@@H](CC#Cc1cnc2c(N(C(=O)OC(C)(C)C)C(=O)OC(C)(C)C)ccnn12)NC(=O)OC(C)(C)C. The molecule has 0 aliphatic heterocycles. The Balaban J connectivity index is 2.37. The smallest absolute Gasteiger partial charge is 0.424 e. The number of hydrogen-bond acceptors (Lipinski definition) is 8. The number of nitrogens with zero attached hydrogens (tertiary/aromatic N) is 4. The van der Waals surface area contributed by atoms with Crippen molar-refractivity contribution in [3.63, 3.8) is 0 Å². The summed E-state index contributed by atoms with van der Waals surface area (Å²) in [5.74, 6) is 6.04. The number of carbonyl (C=O) groups excluding carboxylic acids is 3. The van der Waals surface area contributed by atoms with Gasteiger partial charge in [-0.15, -0.1) is 0 Å². The van der Waals surface area contributed by atoms with Gasteiger partial charge < -0.3 is 19.5 Å². The van der Waals surface area contributed by atoms with Crippen molar-refractivity contribution >= 4 is 29.6 Å². The molecule has 0 fully saturated rings. The van der Waals surface area contributed by atoms with Crippen molar-refractivity contribution in [2.75, 3.05) is 4.90 Å². The number of anilines is 1. The van der Waals surface area contributed by atoms with Gasteiger partial charge in [0.15, 0.2) is 5.65 Å². The number of carbonyl (C=O) groups is 3. The first-order valence-electron chi connectivity index (χ1n) is 12.5. The van der Waals surface area contributed by atoms with Gasteiger partial charge in [-0.25, -0.2) is 23.9 Å². The van der Waals surface area contributed by atoms with Gasteiger partial charge in [-0.1, -0.05) is 12.8 Å². The zero-order valence-corrected chi connectivity index (χ0v) is 24.0. The number of hydrogen-bond donors (Lipinski definition) is 1. The minimum atomic E-state index is -0.908. The summed E-state index contributed by atoms with van der Waals surface area (Å²) in [5.41, 5.74) is -1.52. The maximum atomic E-state index is 13.1. The highest BCUT2D eigenvalue weighted by Gasteiger charge is 2.34. The van der Waals surface area contributed by atoms with Crippen molar-refractivity contribution in [1.29, 1.82) is 0 Å². The molecule has 1 N–H and O–H groups in total. The molecular formula is C27H39N5O6. The number of rotatable bonds is 4. The third-order valence-electron chi connectivity index (χ3n) is 4.55. The van der Waals surface area contributed by atoms with Crippen LogP contribution in [-0.2, 0) is 14.2 Å². The minimum Gasteiger partial charge on any atom is -0.444 e. The van der Waals surface area contributed by atoms with Crippen LogP contribution in [0.5, 0.6) is 0 Å². The number of alkyl carbamates (subject to hydrolysis) is 1. The van der Waals surface area contributed by atoms with Gasteiger partial charge in [0, 0.05) is 12.5 Å². The first-order valence-corrected chi connectivity index (χ1v) is 12.5. The number of imidazole rings is 1. The molecule has 2 aromatic rings. The molecule has 11 nitrogen and oxygen atoms in total. The summed E-state index contributed by atoms with van der Waals surface area (Å²) in [6.07, 6.45) is 1.62. The van der Waals surface area contributed by atoms with E-state index in [0.717, 1.165) is 4.90 Å². The molecule has 0 unspecified atom stereocenters. The molecule has 38 heavy (non-hydrogen) atoms. The number of imide groups is 1. The average molecular weight is 530 g/mol. The Hall–Kier alpha value is -3.81. The minimum absolute atomic E-state index is 0.134. The lowest BCUT2D eigenvalue weighted by Crippen LogP contribution is -2.44. The van der Waals surface area contributed by atoms with Crippen molar-refractivity contribution in [2.24, 2.45) is 0 Å². The fraction of sp³-hybridized carbons (Fsp3) is 0.593. The lowest BCUT2D eigenvalue weighted by molar-refractivity contribution is 0.0427. The second kappa shape index (κ2) is 11.7. The maximum absolute atomic E-state index is 13.1. The monoisotopic (exact) mass is 529 g/mol. The quantitative estimate of drug-likeness (QED) is 0.409. The molecule has 0 bridgehead atoms. The van der Waals surface area contributed by atoms with Crippen molar-refractivity contribution in [1.82, 2.24) is 19.9 Å². The number of amides is 3. The van der Waals surface area contributed by atoms with E-state index in [1.807, 2.05) is 6.92 Å². The van der Waals surface area contributed by atoms with Gasteiger partial charge in [-0.2, -0.15) is 10.00 Å². The van der Waals surface area contributed by atoms with Crippen molar-refractivity contribution < 1.29 is 28.6 Å². The summed E-state index contributed by atoms with van der Waals surface area (Å²) in [6, 6.07) is 1.26. The van der Waals surface area contributed by atoms with Crippen LogP contribution in [-0.4, -0.2) is 55.7 Å². The topological polar surface area (TPSA) is 124 Å². The van der Waals surface area contributed by atoms with Gasteiger partial charge in [-0.3, -0.25) is 0 Å². The van der Waals surface area contributed by atoms with Crippen LogP contribution in [0, 0.1) is 11.8 Å². The van der Waals surface area contributed by atoms with Gasteiger partial charge in [-0.05, 0) is 80.7 Å². The van der Waals surface area contributed by atoms with E-state index < -0.39 is 35.1 Å². The van der Waals surface area contributed by atoms with Gasteiger partial charge in [0.2, 0.25) is 0 Å². The number of nitrogens with one attached hydrogen (secondary N) is 1. The summed E-state index contributed by atoms with van der Waals surface area (Å²) in [7, 11) is 0. The van der Waals surface area contributed by atoms with E-state index >= 15 is 0 Å². The Morgan fingerprint density at radius 1 is 0.974 bits per heavy atom. The molecule has 0 spiro atoms. The standard InChI is InChI=1S/C27H39N5O6/c1-11-18(30-22(33)36-25(2,3)4)13-12-14-19-17-28-21-20(15-16-29-32(19)21)31(23(34)37-26(5,6)7)24(35)38-27(8,9)10/h15-18H,11,13H2,1-10H3,(H,30,33)/t18-/m0/s1. The largest absolute Gasteiger partial charge is 0.444 e. The molecule has 208 valence electrons. The van der Waals surface area contributed by atoms with E-state index in [0.29, 0.717) is 18.5 Å². The molecule has 11 heteroatoms. The molecule has 0 aromatic carbocycles. The summed E-state index contributed by atoms with van der Waals surface area (Å²) in [6.45, 7) is 17.5. The summed E-state index contributed by atoms with van der Waals surface area (Å²) >= 11 is 0. The molecule has 0 saturated carbocycles. The molecule has 1 atom stereocenters. The van der Waals surface area contributed by atoms with Crippen LogP contribution in [0.25, 0.3) is 5.65 Å². The zero-order chi connectivity index (χ0) is 28.9. The summed E-state index contributed by atoms with van der Waals surface area (Å²) in [5, 5.41) is 7.11. The van der Waals surface area contributed by atoms with Crippen molar-refractivity contribution in [3.05, 3.63) is 24.2 Å². The van der Waals surface area contributed by atoms with Crippen LogP contribution in [0.1, 0.15) is 87.8 Å². The second-order valence-electron chi connectivity index (χ2n) is 11.6. The Morgan fingerprint density at radius 3 is 2.03 bits per heavy atom. The Labute approximate surface area is 224 Å². The average Bonchev–Trinajstić information content (AvgIpc) is 3.13. The fourth-order valence-electron chi connectivity index (χ4n) is 3.07. The van der Waals surface area contributed by atoms with E-state index in [1.54, 1.807) is 62.3 Å². The van der Waals surface area contributed by atoms with Crippen LogP contribution >= 0.6 is 0 Å². The van der Waals surface area contributed by atoms with Crippen LogP contribution in [0.3, 0.4) is 0 Å². The third kappa shape index (κ3) is 9.25.